The fraction of sp³-hybridized carbons (Fsp3) is 0.846. The van der Waals surface area contributed by atoms with Crippen molar-refractivity contribution in [2.45, 2.75) is 46.1 Å². The third kappa shape index (κ3) is 1.75. The lowest BCUT2D eigenvalue weighted by Gasteiger charge is -2.25. The summed E-state index contributed by atoms with van der Waals surface area (Å²) >= 11 is 0. The van der Waals surface area contributed by atoms with E-state index in [9.17, 15) is 0 Å². The predicted molar refractivity (Wildman–Crippen MR) is 59.2 cm³/mol. The first-order valence-electron chi connectivity index (χ1n) is 6.01. The van der Waals surface area contributed by atoms with Gasteiger partial charge in [0.25, 0.3) is 0 Å². The van der Waals surface area contributed by atoms with Crippen molar-refractivity contribution in [2.75, 3.05) is 6.61 Å². The van der Waals surface area contributed by atoms with Crippen molar-refractivity contribution in [1.29, 1.82) is 0 Å². The summed E-state index contributed by atoms with van der Waals surface area (Å²) in [7, 11) is 0. The summed E-state index contributed by atoms with van der Waals surface area (Å²) in [5, 5.41) is 0. The van der Waals surface area contributed by atoms with Crippen LogP contribution >= 0.6 is 0 Å². The fourth-order valence-electron chi connectivity index (χ4n) is 2.90. The second kappa shape index (κ2) is 4.06. The van der Waals surface area contributed by atoms with Gasteiger partial charge in [-0.15, -0.1) is 0 Å². The zero-order valence-corrected chi connectivity index (χ0v) is 9.62. The Hall–Kier alpha value is -0.300. The Morgan fingerprint density at radius 3 is 2.71 bits per heavy atom. The Balaban J connectivity index is 2.09. The van der Waals surface area contributed by atoms with Crippen molar-refractivity contribution in [3.05, 3.63) is 11.6 Å². The molecular formula is C13H22O. The van der Waals surface area contributed by atoms with Crippen molar-refractivity contribution < 1.29 is 4.74 Å². The molecule has 1 aliphatic heterocycles. The van der Waals surface area contributed by atoms with Gasteiger partial charge >= 0.3 is 0 Å². The Morgan fingerprint density at radius 1 is 1.36 bits per heavy atom. The molecule has 0 aromatic rings. The zero-order valence-electron chi connectivity index (χ0n) is 9.62. The van der Waals surface area contributed by atoms with E-state index in [2.05, 4.69) is 26.8 Å². The number of hydrogen-bond donors (Lipinski definition) is 0. The summed E-state index contributed by atoms with van der Waals surface area (Å²) in [4.78, 5) is 0. The van der Waals surface area contributed by atoms with Crippen molar-refractivity contribution >= 4 is 0 Å². The van der Waals surface area contributed by atoms with Gasteiger partial charge in [0.2, 0.25) is 0 Å². The maximum atomic E-state index is 5.91. The third-order valence-electron chi connectivity index (χ3n) is 3.87. The van der Waals surface area contributed by atoms with Crippen LogP contribution in [0.15, 0.2) is 11.6 Å². The molecule has 1 nitrogen and oxygen atoms in total. The quantitative estimate of drug-likeness (QED) is 0.612. The van der Waals surface area contributed by atoms with Crippen LogP contribution < -0.4 is 0 Å². The average Bonchev–Trinajstić information content (AvgIpc) is 2.70. The van der Waals surface area contributed by atoms with E-state index in [4.69, 9.17) is 4.74 Å². The lowest BCUT2D eigenvalue weighted by atomic mass is 9.83. The van der Waals surface area contributed by atoms with Gasteiger partial charge in [-0.1, -0.05) is 26.8 Å². The van der Waals surface area contributed by atoms with Gasteiger partial charge < -0.3 is 4.74 Å². The van der Waals surface area contributed by atoms with E-state index in [1.54, 1.807) is 5.57 Å². The second-order valence-corrected chi connectivity index (χ2v) is 5.17. The third-order valence-corrected chi connectivity index (χ3v) is 3.87. The molecule has 1 heterocycles. The van der Waals surface area contributed by atoms with Crippen LogP contribution in [0.4, 0.5) is 0 Å². The van der Waals surface area contributed by atoms with E-state index in [-0.39, 0.29) is 0 Å². The molecule has 3 unspecified atom stereocenters. The van der Waals surface area contributed by atoms with Crippen molar-refractivity contribution in [3.63, 3.8) is 0 Å². The molecule has 0 amide bonds. The van der Waals surface area contributed by atoms with Gasteiger partial charge in [0.05, 0.1) is 6.10 Å². The largest absolute Gasteiger partial charge is 0.374 e. The maximum absolute atomic E-state index is 5.91. The standard InChI is InChI=1S/C13H22O/c1-9(2)11-7-8-14-13(11)12-6-4-5-10(12)3/h6,9-11,13H,4-5,7-8H2,1-3H3. The number of ether oxygens (including phenoxy) is 1. The zero-order chi connectivity index (χ0) is 10.1. The van der Waals surface area contributed by atoms with Gasteiger partial charge in [0.15, 0.2) is 0 Å². The first kappa shape index (κ1) is 10.2. The lowest BCUT2D eigenvalue weighted by Crippen LogP contribution is -2.24. The Kier molecular flexibility index (Phi) is 2.96. The van der Waals surface area contributed by atoms with Crippen LogP contribution in [0, 0.1) is 17.8 Å². The molecule has 3 atom stereocenters. The number of rotatable bonds is 2. The Bertz CT molecular complexity index is 229. The summed E-state index contributed by atoms with van der Waals surface area (Å²) < 4.78 is 5.91. The minimum absolute atomic E-state index is 0.451. The molecule has 80 valence electrons. The number of hydrogen-bond acceptors (Lipinski definition) is 1. The highest BCUT2D eigenvalue weighted by molar-refractivity contribution is 5.19. The molecule has 1 heteroatoms. The molecule has 0 N–H and O–H groups in total. The molecule has 14 heavy (non-hydrogen) atoms. The van der Waals surface area contributed by atoms with E-state index < -0.39 is 0 Å². The monoisotopic (exact) mass is 194 g/mol. The second-order valence-electron chi connectivity index (χ2n) is 5.17. The molecule has 1 aliphatic carbocycles. The van der Waals surface area contributed by atoms with Crippen LogP contribution in [0.3, 0.4) is 0 Å². The molecule has 0 spiro atoms. The number of allylic oxidation sites excluding steroid dienone is 1. The topological polar surface area (TPSA) is 9.23 Å². The molecule has 2 rings (SSSR count). The Morgan fingerprint density at radius 2 is 2.14 bits per heavy atom. The van der Waals surface area contributed by atoms with Gasteiger partial charge in [0.1, 0.15) is 0 Å². The minimum atomic E-state index is 0.451. The normalized spacial score (nSPS) is 38.0. The SMILES string of the molecule is CC1CCC=C1C1OCCC1C(C)C. The van der Waals surface area contributed by atoms with Gasteiger partial charge in [0, 0.05) is 6.61 Å². The van der Waals surface area contributed by atoms with Gasteiger partial charge in [-0.2, -0.15) is 0 Å². The summed E-state index contributed by atoms with van der Waals surface area (Å²) in [6, 6.07) is 0. The molecule has 1 fully saturated rings. The summed E-state index contributed by atoms with van der Waals surface area (Å²) in [6.45, 7) is 7.97. The van der Waals surface area contributed by atoms with E-state index in [0.717, 1.165) is 24.4 Å². The molecule has 0 aromatic carbocycles. The van der Waals surface area contributed by atoms with E-state index in [1.807, 2.05) is 0 Å². The smallest absolute Gasteiger partial charge is 0.0819 e. The van der Waals surface area contributed by atoms with E-state index >= 15 is 0 Å². The van der Waals surface area contributed by atoms with E-state index in [1.165, 1.54) is 19.3 Å². The van der Waals surface area contributed by atoms with Crippen LogP contribution in [0.25, 0.3) is 0 Å². The van der Waals surface area contributed by atoms with Crippen LogP contribution in [0.1, 0.15) is 40.0 Å². The molecule has 0 bridgehead atoms. The molecule has 0 saturated carbocycles. The van der Waals surface area contributed by atoms with Crippen molar-refractivity contribution in [2.24, 2.45) is 17.8 Å². The van der Waals surface area contributed by atoms with Crippen LogP contribution in [0.5, 0.6) is 0 Å². The summed E-state index contributed by atoms with van der Waals surface area (Å²) in [5.74, 6) is 2.29. The maximum Gasteiger partial charge on any atom is 0.0819 e. The summed E-state index contributed by atoms with van der Waals surface area (Å²) in [5.41, 5.74) is 1.60. The van der Waals surface area contributed by atoms with Crippen molar-refractivity contribution in [1.82, 2.24) is 0 Å². The highest BCUT2D eigenvalue weighted by Crippen LogP contribution is 2.39. The van der Waals surface area contributed by atoms with E-state index in [0.29, 0.717) is 6.10 Å². The van der Waals surface area contributed by atoms with Gasteiger partial charge in [-0.25, -0.2) is 0 Å². The lowest BCUT2D eigenvalue weighted by molar-refractivity contribution is 0.101. The average molecular weight is 194 g/mol. The molecule has 2 aliphatic rings. The van der Waals surface area contributed by atoms with Gasteiger partial charge in [-0.05, 0) is 42.6 Å². The highest BCUT2D eigenvalue weighted by Gasteiger charge is 2.35. The van der Waals surface area contributed by atoms with Crippen LogP contribution in [-0.2, 0) is 4.74 Å². The minimum Gasteiger partial charge on any atom is -0.374 e. The highest BCUT2D eigenvalue weighted by atomic mass is 16.5. The molecule has 0 aromatic heterocycles. The van der Waals surface area contributed by atoms with Crippen molar-refractivity contribution in [3.8, 4) is 0 Å². The summed E-state index contributed by atoms with van der Waals surface area (Å²) in [6.07, 6.45) is 6.73. The first-order chi connectivity index (χ1) is 6.70. The molecule has 1 saturated heterocycles. The Labute approximate surface area is 87.5 Å². The van der Waals surface area contributed by atoms with Crippen LogP contribution in [-0.4, -0.2) is 12.7 Å². The first-order valence-corrected chi connectivity index (χ1v) is 6.01. The molecule has 0 radical (unpaired) electrons. The molecular weight excluding hydrogens is 172 g/mol. The predicted octanol–water partition coefficient (Wildman–Crippen LogP) is 3.40. The van der Waals surface area contributed by atoms with Gasteiger partial charge in [-0.3, -0.25) is 0 Å². The fourth-order valence-corrected chi connectivity index (χ4v) is 2.90. The van der Waals surface area contributed by atoms with Crippen LogP contribution in [0.2, 0.25) is 0 Å².